The van der Waals surface area contributed by atoms with Crippen molar-refractivity contribution >= 4 is 29.0 Å². The smallest absolute Gasteiger partial charge is 0.230 e. The van der Waals surface area contributed by atoms with E-state index in [9.17, 15) is 9.18 Å². The third-order valence-corrected chi connectivity index (χ3v) is 7.53. The molecule has 3 aromatic rings. The van der Waals surface area contributed by atoms with E-state index in [-0.39, 0.29) is 23.5 Å². The Morgan fingerprint density at radius 3 is 2.69 bits per heavy atom. The molecule has 0 saturated carbocycles. The van der Waals surface area contributed by atoms with Crippen LogP contribution in [0.2, 0.25) is 0 Å². The summed E-state index contributed by atoms with van der Waals surface area (Å²) in [5.74, 6) is 0.749. The molecule has 1 atom stereocenters. The van der Waals surface area contributed by atoms with Gasteiger partial charge in [0.2, 0.25) is 5.91 Å². The molecule has 1 aliphatic heterocycles. The van der Waals surface area contributed by atoms with Crippen LogP contribution < -0.4 is 5.32 Å². The first-order valence-electron chi connectivity index (χ1n) is 11.0. The maximum Gasteiger partial charge on any atom is 0.230 e. The number of amides is 1. The number of likely N-dealkylation sites (tertiary alicyclic amines) is 1. The molecule has 1 fully saturated rings. The quantitative estimate of drug-likeness (QED) is 0.465. The monoisotopic (exact) mass is 473 g/mol. The summed E-state index contributed by atoms with van der Waals surface area (Å²) in [5.41, 5.74) is 0.802. The Kier molecular flexibility index (Phi) is 7.94. The molecule has 2 aromatic heterocycles. The van der Waals surface area contributed by atoms with Crippen LogP contribution in [0.1, 0.15) is 42.9 Å². The molecular formula is C23H28FN5OS2. The van der Waals surface area contributed by atoms with Gasteiger partial charge in [-0.05, 0) is 75.0 Å². The van der Waals surface area contributed by atoms with Crippen LogP contribution in [-0.4, -0.2) is 51.0 Å². The molecule has 0 bridgehead atoms. The van der Waals surface area contributed by atoms with Gasteiger partial charge in [0.1, 0.15) is 5.82 Å². The summed E-state index contributed by atoms with van der Waals surface area (Å²) in [5, 5.41) is 14.5. The molecule has 1 saturated heterocycles. The molecule has 0 radical (unpaired) electrons. The van der Waals surface area contributed by atoms with Crippen LogP contribution in [0.5, 0.6) is 0 Å². The van der Waals surface area contributed by atoms with Gasteiger partial charge >= 0.3 is 0 Å². The number of aromatic nitrogens is 3. The third kappa shape index (κ3) is 5.76. The van der Waals surface area contributed by atoms with Crippen molar-refractivity contribution in [1.29, 1.82) is 0 Å². The van der Waals surface area contributed by atoms with Gasteiger partial charge in [0, 0.05) is 17.1 Å². The Morgan fingerprint density at radius 2 is 1.97 bits per heavy atom. The minimum Gasteiger partial charge on any atom is -0.355 e. The SMILES string of the molecule is C[C@H](c1nnc(SCC(=O)NCCc2cccs2)n1-c1ccc(F)cc1)N1CCCCC1. The standard InChI is InChI=1S/C23H28FN5OS2/c1-17(28-13-3-2-4-14-28)22-26-27-23(29(22)19-9-7-18(24)8-10-19)32-16-21(30)25-12-11-20-6-5-15-31-20/h5-10,15,17H,2-4,11-14,16H2,1H3,(H,25,30)/t17-/m1/s1. The summed E-state index contributed by atoms with van der Waals surface area (Å²) in [6.45, 7) is 4.82. The Bertz CT molecular complexity index is 1000. The number of rotatable bonds is 9. The molecular weight excluding hydrogens is 445 g/mol. The fourth-order valence-electron chi connectivity index (χ4n) is 3.91. The Labute approximate surface area is 196 Å². The number of nitrogens with zero attached hydrogens (tertiary/aromatic N) is 4. The highest BCUT2D eigenvalue weighted by atomic mass is 32.2. The van der Waals surface area contributed by atoms with Gasteiger partial charge in [0.25, 0.3) is 0 Å². The van der Waals surface area contributed by atoms with Gasteiger partial charge in [-0.15, -0.1) is 21.5 Å². The lowest BCUT2D eigenvalue weighted by atomic mass is 10.1. The first-order valence-corrected chi connectivity index (χ1v) is 12.9. The van der Waals surface area contributed by atoms with E-state index in [2.05, 4.69) is 33.4 Å². The zero-order valence-electron chi connectivity index (χ0n) is 18.2. The second-order valence-electron chi connectivity index (χ2n) is 7.89. The fourth-order valence-corrected chi connectivity index (χ4v) is 5.41. The molecule has 1 aliphatic rings. The largest absolute Gasteiger partial charge is 0.355 e. The number of piperidine rings is 1. The fraction of sp³-hybridized carbons (Fsp3) is 0.435. The summed E-state index contributed by atoms with van der Waals surface area (Å²) in [6.07, 6.45) is 4.46. The maximum absolute atomic E-state index is 13.5. The average molecular weight is 474 g/mol. The minimum absolute atomic E-state index is 0.0363. The molecule has 3 heterocycles. The lowest BCUT2D eigenvalue weighted by Gasteiger charge is -2.31. The number of carbonyl (C=O) groups is 1. The molecule has 4 rings (SSSR count). The van der Waals surface area contributed by atoms with E-state index >= 15 is 0 Å². The number of carbonyl (C=O) groups excluding carboxylic acids is 1. The second kappa shape index (κ2) is 11.1. The van der Waals surface area contributed by atoms with Crippen LogP contribution in [-0.2, 0) is 11.2 Å². The van der Waals surface area contributed by atoms with Crippen molar-refractivity contribution in [2.24, 2.45) is 0 Å². The van der Waals surface area contributed by atoms with Gasteiger partial charge in [-0.1, -0.05) is 24.2 Å². The highest BCUT2D eigenvalue weighted by Crippen LogP contribution is 2.29. The first-order chi connectivity index (χ1) is 15.6. The lowest BCUT2D eigenvalue weighted by molar-refractivity contribution is -0.118. The minimum atomic E-state index is -0.285. The van der Waals surface area contributed by atoms with Gasteiger partial charge < -0.3 is 5.32 Å². The topological polar surface area (TPSA) is 63.1 Å². The van der Waals surface area contributed by atoms with E-state index in [4.69, 9.17) is 0 Å². The maximum atomic E-state index is 13.5. The Morgan fingerprint density at radius 1 is 1.19 bits per heavy atom. The van der Waals surface area contributed by atoms with E-state index in [1.165, 1.54) is 48.0 Å². The summed E-state index contributed by atoms with van der Waals surface area (Å²) < 4.78 is 15.5. The number of halogens is 1. The van der Waals surface area contributed by atoms with E-state index in [0.29, 0.717) is 11.7 Å². The summed E-state index contributed by atoms with van der Waals surface area (Å²) in [4.78, 5) is 16.1. The van der Waals surface area contributed by atoms with Crippen molar-refractivity contribution in [1.82, 2.24) is 25.0 Å². The van der Waals surface area contributed by atoms with Crippen molar-refractivity contribution in [3.63, 3.8) is 0 Å². The van der Waals surface area contributed by atoms with E-state index in [1.54, 1.807) is 23.5 Å². The summed E-state index contributed by atoms with van der Waals surface area (Å²) in [7, 11) is 0. The first kappa shape index (κ1) is 22.9. The Hall–Kier alpha value is -2.23. The molecule has 0 spiro atoms. The Balaban J connectivity index is 1.46. The number of hydrogen-bond donors (Lipinski definition) is 1. The van der Waals surface area contributed by atoms with Crippen LogP contribution in [0.4, 0.5) is 4.39 Å². The van der Waals surface area contributed by atoms with Crippen molar-refractivity contribution in [2.45, 2.75) is 43.8 Å². The van der Waals surface area contributed by atoms with Crippen molar-refractivity contribution in [3.05, 3.63) is 58.3 Å². The molecule has 9 heteroatoms. The molecule has 32 heavy (non-hydrogen) atoms. The summed E-state index contributed by atoms with van der Waals surface area (Å²) >= 11 is 3.05. The van der Waals surface area contributed by atoms with Gasteiger partial charge in [-0.3, -0.25) is 14.3 Å². The van der Waals surface area contributed by atoms with Crippen LogP contribution in [0.15, 0.2) is 46.9 Å². The van der Waals surface area contributed by atoms with Crippen molar-refractivity contribution in [3.8, 4) is 5.69 Å². The second-order valence-corrected chi connectivity index (χ2v) is 9.87. The van der Waals surface area contributed by atoms with Crippen molar-refractivity contribution < 1.29 is 9.18 Å². The van der Waals surface area contributed by atoms with Gasteiger partial charge in [-0.2, -0.15) is 0 Å². The van der Waals surface area contributed by atoms with Gasteiger partial charge in [0.15, 0.2) is 11.0 Å². The molecule has 1 amide bonds. The molecule has 170 valence electrons. The molecule has 0 unspecified atom stereocenters. The van der Waals surface area contributed by atoms with E-state index in [0.717, 1.165) is 31.0 Å². The molecule has 1 N–H and O–H groups in total. The van der Waals surface area contributed by atoms with Crippen LogP contribution in [0, 0.1) is 5.82 Å². The normalized spacial score (nSPS) is 15.6. The zero-order valence-corrected chi connectivity index (χ0v) is 19.8. The van der Waals surface area contributed by atoms with E-state index in [1.807, 2.05) is 16.0 Å². The molecule has 6 nitrogen and oxygen atoms in total. The number of thioether (sulfide) groups is 1. The lowest BCUT2D eigenvalue weighted by Crippen LogP contribution is -2.33. The average Bonchev–Trinajstić information content (AvgIpc) is 3.48. The molecule has 0 aliphatic carbocycles. The number of thiophene rings is 1. The molecule has 1 aromatic carbocycles. The van der Waals surface area contributed by atoms with E-state index < -0.39 is 0 Å². The number of benzene rings is 1. The van der Waals surface area contributed by atoms with Gasteiger partial charge in [-0.25, -0.2) is 4.39 Å². The van der Waals surface area contributed by atoms with Gasteiger partial charge in [0.05, 0.1) is 11.8 Å². The highest BCUT2D eigenvalue weighted by Gasteiger charge is 2.25. The number of hydrogen-bond acceptors (Lipinski definition) is 6. The predicted octanol–water partition coefficient (Wildman–Crippen LogP) is 4.47. The summed E-state index contributed by atoms with van der Waals surface area (Å²) in [6, 6.07) is 10.5. The highest BCUT2D eigenvalue weighted by molar-refractivity contribution is 7.99. The van der Waals surface area contributed by atoms with Crippen LogP contribution in [0.25, 0.3) is 5.69 Å². The number of nitrogens with one attached hydrogen (secondary N) is 1. The van der Waals surface area contributed by atoms with Crippen LogP contribution in [0.3, 0.4) is 0 Å². The third-order valence-electron chi connectivity index (χ3n) is 5.66. The van der Waals surface area contributed by atoms with Crippen LogP contribution >= 0.6 is 23.1 Å². The zero-order chi connectivity index (χ0) is 22.3. The predicted molar refractivity (Wildman–Crippen MR) is 127 cm³/mol. The van der Waals surface area contributed by atoms with Crippen molar-refractivity contribution in [2.75, 3.05) is 25.4 Å².